The highest BCUT2D eigenvalue weighted by Gasteiger charge is 2.62. The normalized spacial score (nSPS) is 19.1. The molecule has 2 fully saturated rings. The second-order valence-corrected chi connectivity index (χ2v) is 11.7. The highest BCUT2D eigenvalue weighted by atomic mass is 79.9. The van der Waals surface area contributed by atoms with E-state index in [-0.39, 0.29) is 19.0 Å². The summed E-state index contributed by atoms with van der Waals surface area (Å²) < 4.78 is 42.4. The molecule has 2 saturated heterocycles. The number of aliphatic hydroxyl groups is 1. The average Bonchev–Trinajstić information content (AvgIpc) is 2.92. The minimum absolute atomic E-state index is 0.185. The highest BCUT2D eigenvalue weighted by molar-refractivity contribution is 9.10. The summed E-state index contributed by atoms with van der Waals surface area (Å²) in [5.74, 6) is -0.741. The molecule has 0 spiro atoms. The number of amides is 2. The molecular weight excluding hydrogens is 599 g/mol. The molecule has 2 amide bonds. The Morgan fingerprint density at radius 3 is 2.18 bits per heavy atom. The summed E-state index contributed by atoms with van der Waals surface area (Å²) in [7, 11) is 1.56. The number of carbonyl (C=O) groups is 2. The number of piperidine rings is 2. The number of benzene rings is 2. The first kappa shape index (κ1) is 29.7. The number of nitrogens with one attached hydrogen (secondary N) is 1. The Labute approximate surface area is 239 Å². The summed E-state index contributed by atoms with van der Waals surface area (Å²) >= 11 is 9.44. The van der Waals surface area contributed by atoms with E-state index in [2.05, 4.69) is 26.1 Å². The van der Waals surface area contributed by atoms with Crippen LogP contribution >= 0.6 is 27.5 Å². The fourth-order valence-corrected chi connectivity index (χ4v) is 6.30. The molecule has 2 aromatic rings. The lowest BCUT2D eigenvalue weighted by molar-refractivity contribution is -0.262. The first-order chi connectivity index (χ1) is 18.4. The van der Waals surface area contributed by atoms with Gasteiger partial charge in [-0.05, 0) is 74.3 Å². The molecule has 2 aromatic carbocycles. The summed E-state index contributed by atoms with van der Waals surface area (Å²) in [6, 6.07) is 10.6. The van der Waals surface area contributed by atoms with Crippen LogP contribution in [0.3, 0.4) is 0 Å². The van der Waals surface area contributed by atoms with Crippen molar-refractivity contribution in [2.24, 2.45) is 11.8 Å². The monoisotopic (exact) mass is 629 g/mol. The third-order valence-corrected chi connectivity index (χ3v) is 8.74. The Hall–Kier alpha value is -2.30. The van der Waals surface area contributed by atoms with Crippen LogP contribution in [-0.4, -0.2) is 61.2 Å². The lowest BCUT2D eigenvalue weighted by Crippen LogP contribution is -2.57. The number of carbonyl (C=O) groups excluding carboxylic acids is 2. The molecule has 2 N–H and O–H groups in total. The van der Waals surface area contributed by atoms with E-state index in [1.54, 1.807) is 19.2 Å². The maximum atomic E-state index is 14.0. The largest absolute Gasteiger partial charge is 0.430 e. The van der Waals surface area contributed by atoms with E-state index >= 15 is 0 Å². The Kier molecular flexibility index (Phi) is 9.18. The van der Waals surface area contributed by atoms with Crippen molar-refractivity contribution in [2.45, 2.75) is 43.9 Å². The third-order valence-electron chi connectivity index (χ3n) is 7.93. The van der Waals surface area contributed by atoms with Gasteiger partial charge < -0.3 is 20.2 Å². The van der Waals surface area contributed by atoms with Crippen molar-refractivity contribution in [3.8, 4) is 0 Å². The van der Waals surface area contributed by atoms with E-state index in [1.165, 1.54) is 6.07 Å². The Morgan fingerprint density at radius 2 is 1.64 bits per heavy atom. The van der Waals surface area contributed by atoms with Crippen LogP contribution in [0.5, 0.6) is 0 Å². The predicted molar refractivity (Wildman–Crippen MR) is 148 cm³/mol. The van der Waals surface area contributed by atoms with Crippen LogP contribution in [0.4, 0.5) is 18.9 Å². The van der Waals surface area contributed by atoms with Crippen molar-refractivity contribution in [1.29, 1.82) is 0 Å². The van der Waals surface area contributed by atoms with E-state index in [1.807, 2.05) is 12.1 Å². The second kappa shape index (κ2) is 12.1. The summed E-state index contributed by atoms with van der Waals surface area (Å²) in [5, 5.41) is 13.7. The Bertz CT molecular complexity index is 1200. The second-order valence-electron chi connectivity index (χ2n) is 10.4. The van der Waals surface area contributed by atoms with Gasteiger partial charge in [0.2, 0.25) is 0 Å². The number of halogens is 5. The van der Waals surface area contributed by atoms with Gasteiger partial charge in [0.15, 0.2) is 0 Å². The van der Waals surface area contributed by atoms with Crippen LogP contribution in [0, 0.1) is 11.8 Å². The minimum Gasteiger partial charge on any atom is -0.371 e. The fourth-order valence-electron chi connectivity index (χ4n) is 5.64. The maximum absolute atomic E-state index is 14.0. The van der Waals surface area contributed by atoms with E-state index in [4.69, 9.17) is 11.6 Å². The van der Waals surface area contributed by atoms with Gasteiger partial charge in [-0.1, -0.05) is 39.7 Å². The van der Waals surface area contributed by atoms with Gasteiger partial charge in [0.05, 0.1) is 10.6 Å². The number of hydrogen-bond donors (Lipinski definition) is 2. The number of hydrogen-bond acceptors (Lipinski definition) is 4. The van der Waals surface area contributed by atoms with Gasteiger partial charge >= 0.3 is 6.18 Å². The Morgan fingerprint density at radius 1 is 1.03 bits per heavy atom. The number of likely N-dealkylation sites (tertiary alicyclic amines) is 1. The van der Waals surface area contributed by atoms with Crippen molar-refractivity contribution in [1.82, 2.24) is 10.2 Å². The van der Waals surface area contributed by atoms with Gasteiger partial charge in [0, 0.05) is 49.0 Å². The predicted octanol–water partition coefficient (Wildman–Crippen LogP) is 5.76. The maximum Gasteiger partial charge on any atom is 0.430 e. The smallest absolute Gasteiger partial charge is 0.371 e. The molecule has 0 aromatic heterocycles. The number of nitrogens with zero attached hydrogens (tertiary/aromatic N) is 2. The molecule has 6 nitrogen and oxygen atoms in total. The molecule has 0 unspecified atom stereocenters. The molecule has 0 radical (unpaired) electrons. The average molecular weight is 631 g/mol. The van der Waals surface area contributed by atoms with Gasteiger partial charge in [0.1, 0.15) is 0 Å². The molecule has 2 aliphatic heterocycles. The summed E-state index contributed by atoms with van der Waals surface area (Å²) in [6.45, 7) is 2.07. The first-order valence-corrected chi connectivity index (χ1v) is 14.2. The molecule has 2 aliphatic rings. The number of anilines is 1. The molecule has 2 heterocycles. The quantitative estimate of drug-likeness (QED) is 0.426. The lowest BCUT2D eigenvalue weighted by atomic mass is 9.82. The zero-order chi connectivity index (χ0) is 28.4. The van der Waals surface area contributed by atoms with E-state index in [9.17, 15) is 27.9 Å². The van der Waals surface area contributed by atoms with Crippen LogP contribution < -0.4 is 10.2 Å². The van der Waals surface area contributed by atoms with Gasteiger partial charge in [-0.3, -0.25) is 9.59 Å². The van der Waals surface area contributed by atoms with Crippen LogP contribution in [0.25, 0.3) is 0 Å². The molecule has 0 aliphatic carbocycles. The topological polar surface area (TPSA) is 72.9 Å². The van der Waals surface area contributed by atoms with Crippen molar-refractivity contribution >= 4 is 45.0 Å². The Balaban J connectivity index is 1.31. The van der Waals surface area contributed by atoms with E-state index in [0.29, 0.717) is 39.7 Å². The van der Waals surface area contributed by atoms with Crippen LogP contribution in [-0.2, 0) is 10.4 Å². The van der Waals surface area contributed by atoms with Crippen molar-refractivity contribution < 1.29 is 27.9 Å². The zero-order valence-corrected chi connectivity index (χ0v) is 23.9. The SMILES string of the molecule is CNC(=O)c1ccc(N2CCC(CC3CCN(C(=O)[C@](O)(c4cccc(Br)c4)C(F)(F)F)CC3)CC2)cc1Cl. The van der Waals surface area contributed by atoms with Crippen LogP contribution in [0.2, 0.25) is 5.02 Å². The minimum atomic E-state index is -5.15. The molecular formula is C28H32BrClF3N3O3. The van der Waals surface area contributed by atoms with E-state index in [0.717, 1.165) is 55.1 Å². The third kappa shape index (κ3) is 6.38. The summed E-state index contributed by atoms with van der Waals surface area (Å²) in [4.78, 5) is 28.3. The first-order valence-electron chi connectivity index (χ1n) is 13.0. The molecule has 39 heavy (non-hydrogen) atoms. The summed E-state index contributed by atoms with van der Waals surface area (Å²) in [5.41, 5.74) is -2.67. The molecule has 1 atom stereocenters. The summed E-state index contributed by atoms with van der Waals surface area (Å²) in [6.07, 6.45) is -1.02. The van der Waals surface area contributed by atoms with Gasteiger partial charge in [-0.25, -0.2) is 0 Å². The van der Waals surface area contributed by atoms with Gasteiger partial charge in [0.25, 0.3) is 17.4 Å². The molecule has 0 bridgehead atoms. The fraction of sp³-hybridized carbons (Fsp3) is 0.500. The highest BCUT2D eigenvalue weighted by Crippen LogP contribution is 2.42. The molecule has 0 saturated carbocycles. The lowest BCUT2D eigenvalue weighted by Gasteiger charge is -2.40. The zero-order valence-electron chi connectivity index (χ0n) is 21.6. The van der Waals surface area contributed by atoms with E-state index < -0.39 is 23.2 Å². The number of alkyl halides is 3. The number of rotatable bonds is 6. The molecule has 4 rings (SSSR count). The van der Waals surface area contributed by atoms with Crippen molar-refractivity contribution in [3.05, 3.63) is 63.1 Å². The van der Waals surface area contributed by atoms with Crippen molar-refractivity contribution in [2.75, 3.05) is 38.1 Å². The van der Waals surface area contributed by atoms with Crippen LogP contribution in [0.1, 0.15) is 48.0 Å². The van der Waals surface area contributed by atoms with Gasteiger partial charge in [-0.15, -0.1) is 0 Å². The van der Waals surface area contributed by atoms with Gasteiger partial charge in [-0.2, -0.15) is 13.2 Å². The van der Waals surface area contributed by atoms with Crippen molar-refractivity contribution in [3.63, 3.8) is 0 Å². The van der Waals surface area contributed by atoms with Crippen LogP contribution in [0.15, 0.2) is 46.9 Å². The molecule has 11 heteroatoms. The standard InChI is InChI=1S/C28H32BrClF3N3O3/c1-34-25(37)23-6-5-22(17-24(23)30)35-11-7-18(8-12-35)15-19-9-13-36(14-10-19)26(38)27(39,28(31,32)33)20-3-2-4-21(29)16-20/h2-6,16-19,39H,7-15H2,1H3,(H,34,37)/t27-/m1/s1. The molecule has 212 valence electrons.